The second-order valence-electron chi connectivity index (χ2n) is 2.63. The van der Waals surface area contributed by atoms with Gasteiger partial charge in [0.05, 0.1) is 0 Å². The van der Waals surface area contributed by atoms with Gasteiger partial charge in [0.2, 0.25) is 6.19 Å². The molecule has 0 saturated carbocycles. The van der Waals surface area contributed by atoms with E-state index in [4.69, 9.17) is 11.0 Å². The lowest BCUT2D eigenvalue weighted by atomic mass is 10.1. The number of aromatic nitrogens is 1. The van der Waals surface area contributed by atoms with Crippen LogP contribution in [0.25, 0.3) is 0 Å². The number of hydrogen-bond acceptors (Lipinski definition) is 3. The van der Waals surface area contributed by atoms with E-state index < -0.39 is 0 Å². The minimum atomic E-state index is 0.318. The summed E-state index contributed by atoms with van der Waals surface area (Å²) >= 11 is 0. The molecule has 0 aliphatic heterocycles. The van der Waals surface area contributed by atoms with Gasteiger partial charge in [-0.05, 0) is 18.6 Å². The highest BCUT2D eigenvalue weighted by atomic mass is 14.8. The highest BCUT2D eigenvalue weighted by molar-refractivity contribution is 5.83. The molecule has 0 atom stereocenters. The quantitative estimate of drug-likeness (QED) is 0.409. The summed E-state index contributed by atoms with van der Waals surface area (Å²) in [5.41, 5.74) is 7.40. The molecule has 0 spiro atoms. The van der Waals surface area contributed by atoms with E-state index in [1.54, 1.807) is 12.4 Å². The lowest BCUT2D eigenvalue weighted by Crippen LogP contribution is -2.15. The van der Waals surface area contributed by atoms with Gasteiger partial charge in [-0.15, -0.1) is 0 Å². The molecule has 13 heavy (non-hydrogen) atoms. The second kappa shape index (κ2) is 4.21. The standard InChI is InChI=1S/C9H10N4/c1-7-8(3-2-4-12-7)5-9(11)13-6-10/h2-4H,5H2,1H3,(H2,11,13). The highest BCUT2D eigenvalue weighted by Gasteiger charge is 2.00. The average molecular weight is 174 g/mol. The topological polar surface area (TPSA) is 75.1 Å². The monoisotopic (exact) mass is 174 g/mol. The molecule has 66 valence electrons. The Bertz CT molecular complexity index is 362. The van der Waals surface area contributed by atoms with Crippen LogP contribution in [0.4, 0.5) is 0 Å². The number of nitriles is 1. The van der Waals surface area contributed by atoms with E-state index in [2.05, 4.69) is 9.98 Å². The molecule has 2 N–H and O–H groups in total. The van der Waals surface area contributed by atoms with Gasteiger partial charge in [0.15, 0.2) is 0 Å². The summed E-state index contributed by atoms with van der Waals surface area (Å²) in [4.78, 5) is 7.53. The summed E-state index contributed by atoms with van der Waals surface area (Å²) in [6, 6.07) is 3.75. The summed E-state index contributed by atoms with van der Waals surface area (Å²) in [5, 5.41) is 8.25. The van der Waals surface area contributed by atoms with Gasteiger partial charge in [-0.25, -0.2) is 0 Å². The lowest BCUT2D eigenvalue weighted by Gasteiger charge is -2.01. The van der Waals surface area contributed by atoms with Crippen molar-refractivity contribution in [2.45, 2.75) is 13.3 Å². The number of rotatable bonds is 2. The van der Waals surface area contributed by atoms with Crippen molar-refractivity contribution in [2.24, 2.45) is 10.7 Å². The zero-order chi connectivity index (χ0) is 9.68. The number of aliphatic imine (C=N–C) groups is 1. The summed E-state index contributed by atoms with van der Waals surface area (Å²) in [6.45, 7) is 1.90. The van der Waals surface area contributed by atoms with Gasteiger partial charge >= 0.3 is 0 Å². The molecule has 0 aliphatic rings. The summed E-state index contributed by atoms with van der Waals surface area (Å²) in [6.07, 6.45) is 3.85. The van der Waals surface area contributed by atoms with Crippen molar-refractivity contribution in [1.82, 2.24) is 4.98 Å². The Kier molecular flexibility index (Phi) is 2.98. The first-order chi connectivity index (χ1) is 6.24. The van der Waals surface area contributed by atoms with Gasteiger partial charge in [0.1, 0.15) is 5.84 Å². The zero-order valence-corrected chi connectivity index (χ0v) is 7.36. The minimum absolute atomic E-state index is 0.318. The zero-order valence-electron chi connectivity index (χ0n) is 7.36. The molecule has 4 heteroatoms. The molecular formula is C9H10N4. The van der Waals surface area contributed by atoms with Crippen LogP contribution in [0.2, 0.25) is 0 Å². The molecule has 0 aliphatic carbocycles. The second-order valence-corrected chi connectivity index (χ2v) is 2.63. The van der Waals surface area contributed by atoms with Crippen LogP contribution in [-0.4, -0.2) is 10.8 Å². The van der Waals surface area contributed by atoms with Crippen molar-refractivity contribution in [2.75, 3.05) is 0 Å². The van der Waals surface area contributed by atoms with Gasteiger partial charge in [-0.2, -0.15) is 10.3 Å². The Morgan fingerprint density at radius 3 is 3.15 bits per heavy atom. The van der Waals surface area contributed by atoms with E-state index in [9.17, 15) is 0 Å². The molecule has 0 aromatic carbocycles. The number of pyridine rings is 1. The van der Waals surface area contributed by atoms with Crippen LogP contribution >= 0.6 is 0 Å². The van der Waals surface area contributed by atoms with E-state index in [0.29, 0.717) is 12.3 Å². The maximum atomic E-state index is 8.25. The van der Waals surface area contributed by atoms with Crippen LogP contribution in [0.15, 0.2) is 23.3 Å². The SMILES string of the molecule is Cc1ncccc1CC(N)=NC#N. The largest absolute Gasteiger partial charge is 0.386 e. The Balaban J connectivity index is 2.82. The van der Waals surface area contributed by atoms with Crippen LogP contribution in [0.5, 0.6) is 0 Å². The summed E-state index contributed by atoms with van der Waals surface area (Å²) in [5.74, 6) is 0.318. The Morgan fingerprint density at radius 2 is 2.54 bits per heavy atom. The highest BCUT2D eigenvalue weighted by Crippen LogP contribution is 2.03. The minimum Gasteiger partial charge on any atom is -0.386 e. The third kappa shape index (κ3) is 2.56. The first-order valence-corrected chi connectivity index (χ1v) is 3.85. The fourth-order valence-corrected chi connectivity index (χ4v) is 1.00. The molecule has 1 aromatic heterocycles. The molecule has 0 amide bonds. The third-order valence-corrected chi connectivity index (χ3v) is 1.68. The fourth-order valence-electron chi connectivity index (χ4n) is 1.00. The Labute approximate surface area is 76.7 Å². The van der Waals surface area contributed by atoms with Crippen LogP contribution in [-0.2, 0) is 6.42 Å². The van der Waals surface area contributed by atoms with Gasteiger partial charge in [-0.1, -0.05) is 6.07 Å². The van der Waals surface area contributed by atoms with Crippen molar-refractivity contribution in [3.63, 3.8) is 0 Å². The first kappa shape index (κ1) is 9.20. The smallest absolute Gasteiger partial charge is 0.207 e. The van der Waals surface area contributed by atoms with E-state index in [-0.39, 0.29) is 0 Å². The maximum Gasteiger partial charge on any atom is 0.207 e. The molecule has 0 fully saturated rings. The van der Waals surface area contributed by atoms with E-state index >= 15 is 0 Å². The number of amidine groups is 1. The van der Waals surface area contributed by atoms with Crippen molar-refractivity contribution >= 4 is 5.84 Å². The van der Waals surface area contributed by atoms with Crippen molar-refractivity contribution < 1.29 is 0 Å². The number of aryl methyl sites for hydroxylation is 1. The number of hydrogen-bond donors (Lipinski definition) is 1. The molecule has 4 nitrogen and oxygen atoms in total. The summed E-state index contributed by atoms with van der Waals surface area (Å²) < 4.78 is 0. The van der Waals surface area contributed by atoms with Crippen molar-refractivity contribution in [3.05, 3.63) is 29.6 Å². The van der Waals surface area contributed by atoms with Crippen LogP contribution in [0.3, 0.4) is 0 Å². The fraction of sp³-hybridized carbons (Fsp3) is 0.222. The summed E-state index contributed by atoms with van der Waals surface area (Å²) in [7, 11) is 0. The molecule has 1 heterocycles. The molecule has 0 bridgehead atoms. The number of nitrogens with zero attached hydrogens (tertiary/aromatic N) is 3. The van der Waals surface area contributed by atoms with Crippen LogP contribution < -0.4 is 5.73 Å². The molecular weight excluding hydrogens is 164 g/mol. The molecule has 0 radical (unpaired) electrons. The predicted molar refractivity (Wildman–Crippen MR) is 49.9 cm³/mol. The molecule has 0 saturated heterocycles. The average Bonchev–Trinajstić information content (AvgIpc) is 2.09. The van der Waals surface area contributed by atoms with Crippen molar-refractivity contribution in [3.8, 4) is 6.19 Å². The van der Waals surface area contributed by atoms with Crippen LogP contribution in [0.1, 0.15) is 11.3 Å². The lowest BCUT2D eigenvalue weighted by molar-refractivity contribution is 1.11. The third-order valence-electron chi connectivity index (χ3n) is 1.68. The van der Waals surface area contributed by atoms with Crippen molar-refractivity contribution in [1.29, 1.82) is 5.26 Å². The molecule has 1 aromatic rings. The predicted octanol–water partition coefficient (Wildman–Crippen LogP) is 0.771. The Hall–Kier alpha value is -1.89. The number of nitrogens with two attached hydrogens (primary N) is 1. The van der Waals surface area contributed by atoms with E-state index in [1.807, 2.05) is 19.1 Å². The maximum absolute atomic E-state index is 8.25. The van der Waals surface area contributed by atoms with Crippen LogP contribution in [0, 0.1) is 18.4 Å². The van der Waals surface area contributed by atoms with Gasteiger partial charge in [0.25, 0.3) is 0 Å². The van der Waals surface area contributed by atoms with Gasteiger partial charge in [-0.3, -0.25) is 4.98 Å². The van der Waals surface area contributed by atoms with E-state index in [0.717, 1.165) is 11.3 Å². The van der Waals surface area contributed by atoms with Gasteiger partial charge in [0, 0.05) is 18.3 Å². The Morgan fingerprint density at radius 1 is 1.77 bits per heavy atom. The normalized spacial score (nSPS) is 10.9. The molecule has 0 unspecified atom stereocenters. The molecule has 1 rings (SSSR count). The van der Waals surface area contributed by atoms with Gasteiger partial charge < -0.3 is 5.73 Å². The van der Waals surface area contributed by atoms with E-state index in [1.165, 1.54) is 0 Å². The first-order valence-electron chi connectivity index (χ1n) is 3.85.